The maximum Gasteiger partial charge on any atom is 0.314 e. The van der Waals surface area contributed by atoms with Crippen molar-refractivity contribution in [2.24, 2.45) is 0 Å². The topological polar surface area (TPSA) is 51.2 Å². The molecule has 0 saturated heterocycles. The lowest BCUT2D eigenvalue weighted by Gasteiger charge is -2.15. The van der Waals surface area contributed by atoms with Gasteiger partial charge in [0.25, 0.3) is 0 Å². The van der Waals surface area contributed by atoms with Gasteiger partial charge in [0.1, 0.15) is 0 Å². The smallest absolute Gasteiger partial charge is 0.314 e. The fraction of sp³-hybridized carbons (Fsp3) is 0.250. The molecule has 1 heterocycles. The first kappa shape index (κ1) is 14.2. The van der Waals surface area contributed by atoms with Gasteiger partial charge >= 0.3 is 5.97 Å². The first-order valence-corrected chi connectivity index (χ1v) is 6.53. The summed E-state index contributed by atoms with van der Waals surface area (Å²) < 4.78 is 4.88. The molecular weight excluding hydrogens is 252 g/mol. The first-order valence-electron chi connectivity index (χ1n) is 6.53. The summed E-state index contributed by atoms with van der Waals surface area (Å²) in [6.45, 7) is 1.21. The van der Waals surface area contributed by atoms with Crippen LogP contribution in [0.15, 0.2) is 54.9 Å². The minimum absolute atomic E-state index is 0.227. The molecule has 0 spiro atoms. The van der Waals surface area contributed by atoms with E-state index in [1.807, 2.05) is 48.7 Å². The number of benzene rings is 1. The van der Waals surface area contributed by atoms with Crippen molar-refractivity contribution < 1.29 is 9.53 Å². The summed E-state index contributed by atoms with van der Waals surface area (Å²) >= 11 is 0. The van der Waals surface area contributed by atoms with Crippen LogP contribution in [-0.2, 0) is 16.1 Å². The van der Waals surface area contributed by atoms with Crippen LogP contribution in [0.1, 0.15) is 17.0 Å². The maximum atomic E-state index is 11.9. The van der Waals surface area contributed by atoms with Crippen LogP contribution in [0.2, 0.25) is 0 Å². The summed E-state index contributed by atoms with van der Waals surface area (Å²) in [5, 5.41) is 3.27. The van der Waals surface area contributed by atoms with Crippen molar-refractivity contribution >= 4 is 5.97 Å². The van der Waals surface area contributed by atoms with Crippen molar-refractivity contribution in [3.05, 3.63) is 66.0 Å². The van der Waals surface area contributed by atoms with E-state index in [9.17, 15) is 4.79 Å². The molecule has 0 bridgehead atoms. The van der Waals surface area contributed by atoms with Crippen molar-refractivity contribution in [3.8, 4) is 0 Å². The Balaban J connectivity index is 1.97. The highest BCUT2D eigenvalue weighted by Gasteiger charge is 2.20. The molecule has 2 aromatic rings. The molecular formula is C16H18N2O2. The number of hydrogen-bond donors (Lipinski definition) is 1. The number of esters is 1. The van der Waals surface area contributed by atoms with Gasteiger partial charge in [-0.15, -0.1) is 0 Å². The monoisotopic (exact) mass is 270 g/mol. The van der Waals surface area contributed by atoms with Crippen molar-refractivity contribution in [2.75, 3.05) is 13.7 Å². The predicted molar refractivity (Wildman–Crippen MR) is 77.1 cm³/mol. The summed E-state index contributed by atoms with van der Waals surface area (Å²) in [4.78, 5) is 15.9. The Labute approximate surface area is 118 Å². The average molecular weight is 270 g/mol. The van der Waals surface area contributed by atoms with E-state index in [2.05, 4.69) is 10.3 Å². The molecule has 0 amide bonds. The number of ether oxygens (including phenoxy) is 1. The zero-order valence-electron chi connectivity index (χ0n) is 11.5. The largest absolute Gasteiger partial charge is 0.469 e. The van der Waals surface area contributed by atoms with E-state index in [4.69, 9.17) is 4.74 Å². The molecule has 1 atom stereocenters. The summed E-state index contributed by atoms with van der Waals surface area (Å²) in [7, 11) is 1.42. The minimum atomic E-state index is -0.294. The third-order valence-corrected chi connectivity index (χ3v) is 3.09. The lowest BCUT2D eigenvalue weighted by atomic mass is 9.99. The number of carbonyl (C=O) groups excluding carboxylic acids is 1. The fourth-order valence-electron chi connectivity index (χ4n) is 2.03. The van der Waals surface area contributed by atoms with Gasteiger partial charge in [0.05, 0.1) is 13.0 Å². The van der Waals surface area contributed by atoms with Crippen molar-refractivity contribution in [2.45, 2.75) is 12.5 Å². The van der Waals surface area contributed by atoms with Crippen LogP contribution in [0.4, 0.5) is 0 Å². The van der Waals surface area contributed by atoms with Crippen LogP contribution >= 0.6 is 0 Å². The molecule has 1 unspecified atom stereocenters. The number of hydrogen-bond acceptors (Lipinski definition) is 4. The SMILES string of the molecule is COC(=O)C(CNCc1cccnc1)c1ccccc1. The zero-order valence-corrected chi connectivity index (χ0v) is 11.5. The van der Waals surface area contributed by atoms with Gasteiger partial charge in [0.2, 0.25) is 0 Å². The highest BCUT2D eigenvalue weighted by molar-refractivity contribution is 5.78. The number of nitrogens with one attached hydrogen (secondary N) is 1. The van der Waals surface area contributed by atoms with Gasteiger partial charge in [-0.1, -0.05) is 36.4 Å². The van der Waals surface area contributed by atoms with Crippen molar-refractivity contribution in [1.82, 2.24) is 10.3 Å². The van der Waals surface area contributed by atoms with Crippen LogP contribution < -0.4 is 5.32 Å². The van der Waals surface area contributed by atoms with E-state index in [1.165, 1.54) is 7.11 Å². The van der Waals surface area contributed by atoms with Gasteiger partial charge in [-0.3, -0.25) is 9.78 Å². The molecule has 1 N–H and O–H groups in total. The van der Waals surface area contributed by atoms with Gasteiger partial charge in [0, 0.05) is 25.5 Å². The van der Waals surface area contributed by atoms with Gasteiger partial charge in [-0.05, 0) is 17.2 Å². The molecule has 0 fully saturated rings. The predicted octanol–water partition coefficient (Wildman–Crippen LogP) is 2.13. The molecule has 0 saturated carbocycles. The molecule has 1 aromatic carbocycles. The van der Waals surface area contributed by atoms with E-state index in [0.717, 1.165) is 11.1 Å². The van der Waals surface area contributed by atoms with Crippen LogP contribution in [0.3, 0.4) is 0 Å². The van der Waals surface area contributed by atoms with Gasteiger partial charge in [-0.25, -0.2) is 0 Å². The Bertz CT molecular complexity index is 529. The maximum absolute atomic E-state index is 11.9. The number of carbonyl (C=O) groups is 1. The number of aromatic nitrogens is 1. The Morgan fingerprint density at radius 1 is 1.25 bits per heavy atom. The molecule has 0 aliphatic rings. The lowest BCUT2D eigenvalue weighted by molar-refractivity contribution is -0.142. The minimum Gasteiger partial charge on any atom is -0.469 e. The molecule has 104 valence electrons. The van der Waals surface area contributed by atoms with Crippen LogP contribution in [0.5, 0.6) is 0 Å². The normalized spacial score (nSPS) is 11.8. The Morgan fingerprint density at radius 3 is 2.70 bits per heavy atom. The molecule has 4 nitrogen and oxygen atoms in total. The molecule has 0 aliphatic heterocycles. The summed E-state index contributed by atoms with van der Waals surface area (Å²) in [6.07, 6.45) is 3.55. The third kappa shape index (κ3) is 3.90. The van der Waals surface area contributed by atoms with Crippen LogP contribution in [-0.4, -0.2) is 24.6 Å². The Hall–Kier alpha value is -2.20. The first-order chi connectivity index (χ1) is 9.81. The molecule has 0 aliphatic carbocycles. The zero-order chi connectivity index (χ0) is 14.2. The fourth-order valence-corrected chi connectivity index (χ4v) is 2.03. The summed E-state index contributed by atoms with van der Waals surface area (Å²) in [5.41, 5.74) is 2.04. The van der Waals surface area contributed by atoms with Crippen molar-refractivity contribution in [1.29, 1.82) is 0 Å². The molecule has 0 radical (unpaired) electrons. The Morgan fingerprint density at radius 2 is 2.05 bits per heavy atom. The standard InChI is InChI=1S/C16H18N2O2/c1-20-16(19)15(14-7-3-2-4-8-14)12-18-11-13-6-5-9-17-10-13/h2-10,15,18H,11-12H2,1H3. The number of methoxy groups -OCH3 is 1. The van der Waals surface area contributed by atoms with E-state index < -0.39 is 0 Å². The van der Waals surface area contributed by atoms with Gasteiger partial charge in [0.15, 0.2) is 0 Å². The average Bonchev–Trinajstić information content (AvgIpc) is 2.53. The van der Waals surface area contributed by atoms with E-state index in [1.54, 1.807) is 6.20 Å². The summed E-state index contributed by atoms with van der Waals surface area (Å²) in [6, 6.07) is 13.5. The second kappa shape index (κ2) is 7.40. The van der Waals surface area contributed by atoms with Crippen molar-refractivity contribution in [3.63, 3.8) is 0 Å². The van der Waals surface area contributed by atoms with Gasteiger partial charge < -0.3 is 10.1 Å². The van der Waals surface area contributed by atoms with Gasteiger partial charge in [-0.2, -0.15) is 0 Å². The molecule has 1 aromatic heterocycles. The van der Waals surface area contributed by atoms with E-state index in [0.29, 0.717) is 13.1 Å². The van der Waals surface area contributed by atoms with E-state index in [-0.39, 0.29) is 11.9 Å². The second-order valence-electron chi connectivity index (χ2n) is 4.48. The third-order valence-electron chi connectivity index (χ3n) is 3.09. The van der Waals surface area contributed by atoms with Crippen LogP contribution in [0.25, 0.3) is 0 Å². The Kier molecular flexibility index (Phi) is 5.26. The molecule has 4 heteroatoms. The number of nitrogens with zero attached hydrogens (tertiary/aromatic N) is 1. The highest BCUT2D eigenvalue weighted by Crippen LogP contribution is 2.16. The number of pyridine rings is 1. The number of rotatable bonds is 6. The quantitative estimate of drug-likeness (QED) is 0.817. The summed E-state index contributed by atoms with van der Waals surface area (Å²) in [5.74, 6) is -0.521. The van der Waals surface area contributed by atoms with E-state index >= 15 is 0 Å². The molecule has 2 rings (SSSR count). The lowest BCUT2D eigenvalue weighted by Crippen LogP contribution is -2.27. The highest BCUT2D eigenvalue weighted by atomic mass is 16.5. The molecule has 20 heavy (non-hydrogen) atoms. The second-order valence-corrected chi connectivity index (χ2v) is 4.48. The van der Waals surface area contributed by atoms with Crippen LogP contribution in [0, 0.1) is 0 Å².